The largest absolute Gasteiger partial charge is 0.465 e. The Morgan fingerprint density at radius 3 is 2.29 bits per heavy atom. The summed E-state index contributed by atoms with van der Waals surface area (Å²) in [6.07, 6.45) is 2.93. The van der Waals surface area contributed by atoms with Crippen molar-refractivity contribution in [2.24, 2.45) is 0 Å². The molecule has 0 aromatic rings. The Morgan fingerprint density at radius 1 is 1.06 bits per heavy atom. The third-order valence-electron chi connectivity index (χ3n) is 2.54. The van der Waals surface area contributed by atoms with Gasteiger partial charge in [0.1, 0.15) is 0 Å². The van der Waals surface area contributed by atoms with E-state index in [0.29, 0.717) is 51.2 Å². The summed E-state index contributed by atoms with van der Waals surface area (Å²) in [5.41, 5.74) is 0.871. The van der Waals surface area contributed by atoms with Gasteiger partial charge in [-0.05, 0) is 26.2 Å². The molecule has 1 aliphatic rings. The molecule has 0 saturated heterocycles. The van der Waals surface area contributed by atoms with Crippen molar-refractivity contribution < 1.29 is 20.4 Å². The SMILES string of the molecule is [2H]/C1=C(/C)CCOC(=O)CCCCC(=O)OCC1. The van der Waals surface area contributed by atoms with Crippen molar-refractivity contribution in [2.75, 3.05) is 13.2 Å². The van der Waals surface area contributed by atoms with E-state index in [9.17, 15) is 9.59 Å². The summed E-state index contributed by atoms with van der Waals surface area (Å²) < 4.78 is 17.9. The molecule has 0 aliphatic carbocycles. The van der Waals surface area contributed by atoms with E-state index in [-0.39, 0.29) is 18.5 Å². The highest BCUT2D eigenvalue weighted by Crippen LogP contribution is 2.07. The number of hydrogen-bond acceptors (Lipinski definition) is 4. The molecule has 0 radical (unpaired) electrons. The average molecular weight is 241 g/mol. The maximum Gasteiger partial charge on any atom is 0.305 e. The second kappa shape index (κ2) is 7.87. The Hall–Kier alpha value is -1.32. The van der Waals surface area contributed by atoms with Crippen molar-refractivity contribution in [3.05, 3.63) is 11.6 Å². The molecule has 4 heteroatoms. The summed E-state index contributed by atoms with van der Waals surface area (Å²) >= 11 is 0. The predicted molar refractivity (Wildman–Crippen MR) is 63.4 cm³/mol. The zero-order valence-electron chi connectivity index (χ0n) is 11.3. The number of cyclic esters (lactones) is 2. The van der Waals surface area contributed by atoms with Crippen LogP contribution in [0.25, 0.3) is 0 Å². The number of carbonyl (C=O) groups excluding carboxylic acids is 2. The van der Waals surface area contributed by atoms with E-state index in [1.54, 1.807) is 0 Å². The van der Waals surface area contributed by atoms with Crippen LogP contribution in [0.15, 0.2) is 11.6 Å². The van der Waals surface area contributed by atoms with Crippen LogP contribution in [0.4, 0.5) is 0 Å². The zero-order valence-corrected chi connectivity index (χ0v) is 10.3. The lowest BCUT2D eigenvalue weighted by Gasteiger charge is -2.07. The lowest BCUT2D eigenvalue weighted by Crippen LogP contribution is -2.09. The fourth-order valence-electron chi connectivity index (χ4n) is 1.52. The van der Waals surface area contributed by atoms with Crippen molar-refractivity contribution in [1.29, 1.82) is 0 Å². The maximum atomic E-state index is 11.3. The highest BCUT2D eigenvalue weighted by molar-refractivity contribution is 5.70. The molecule has 0 unspecified atom stereocenters. The molecule has 1 aliphatic heterocycles. The molecule has 0 aromatic heterocycles. The third kappa shape index (κ3) is 6.76. The number of ether oxygens (including phenoxy) is 2. The summed E-state index contributed by atoms with van der Waals surface area (Å²) in [5.74, 6) is -0.495. The Bertz CT molecular complexity index is 304. The summed E-state index contributed by atoms with van der Waals surface area (Å²) in [5, 5.41) is 0. The summed E-state index contributed by atoms with van der Waals surface area (Å²) in [6.45, 7) is 2.42. The smallest absolute Gasteiger partial charge is 0.305 e. The molecule has 1 heterocycles. The number of rotatable bonds is 0. The van der Waals surface area contributed by atoms with Crippen LogP contribution in [0.2, 0.25) is 0 Å². The molecule has 0 amide bonds. The zero-order chi connectivity index (χ0) is 13.4. The average Bonchev–Trinajstić information content (AvgIpc) is 2.33. The van der Waals surface area contributed by atoms with Gasteiger partial charge in [-0.25, -0.2) is 0 Å². The topological polar surface area (TPSA) is 52.6 Å². The van der Waals surface area contributed by atoms with Gasteiger partial charge in [-0.1, -0.05) is 11.6 Å². The first-order valence-corrected chi connectivity index (χ1v) is 6.06. The van der Waals surface area contributed by atoms with E-state index in [2.05, 4.69) is 0 Å². The minimum atomic E-state index is -0.258. The molecule has 0 aromatic carbocycles. The van der Waals surface area contributed by atoms with Gasteiger partial charge in [0, 0.05) is 19.3 Å². The van der Waals surface area contributed by atoms with Crippen LogP contribution in [-0.4, -0.2) is 25.2 Å². The molecule has 0 spiro atoms. The van der Waals surface area contributed by atoms with Gasteiger partial charge in [-0.3, -0.25) is 9.59 Å². The molecular formula is C13H20O4. The molecular weight excluding hydrogens is 220 g/mol. The van der Waals surface area contributed by atoms with Gasteiger partial charge < -0.3 is 9.47 Å². The van der Waals surface area contributed by atoms with Gasteiger partial charge in [-0.15, -0.1) is 0 Å². The van der Waals surface area contributed by atoms with Gasteiger partial charge >= 0.3 is 11.9 Å². The Labute approximate surface area is 103 Å². The van der Waals surface area contributed by atoms with Crippen molar-refractivity contribution in [3.63, 3.8) is 0 Å². The van der Waals surface area contributed by atoms with E-state index in [0.717, 1.165) is 5.57 Å². The van der Waals surface area contributed by atoms with Crippen LogP contribution in [-0.2, 0) is 19.1 Å². The van der Waals surface area contributed by atoms with Gasteiger partial charge in [0.15, 0.2) is 0 Å². The van der Waals surface area contributed by atoms with Crippen molar-refractivity contribution in [3.8, 4) is 0 Å². The first kappa shape index (κ1) is 12.1. The van der Waals surface area contributed by atoms with Crippen molar-refractivity contribution in [1.82, 2.24) is 0 Å². The molecule has 4 nitrogen and oxygen atoms in total. The number of esters is 2. The van der Waals surface area contributed by atoms with Crippen molar-refractivity contribution in [2.45, 2.75) is 45.4 Å². The molecule has 0 fully saturated rings. The minimum absolute atomic E-state index is 0.236. The molecule has 0 saturated carbocycles. The first-order chi connectivity index (χ1) is 8.59. The highest BCUT2D eigenvalue weighted by atomic mass is 16.5. The van der Waals surface area contributed by atoms with E-state index in [1.807, 2.05) is 6.92 Å². The molecule has 17 heavy (non-hydrogen) atoms. The number of carbonyl (C=O) groups is 2. The molecule has 0 bridgehead atoms. The van der Waals surface area contributed by atoms with E-state index in [4.69, 9.17) is 10.8 Å². The van der Waals surface area contributed by atoms with Crippen molar-refractivity contribution >= 4 is 11.9 Å². The highest BCUT2D eigenvalue weighted by Gasteiger charge is 2.06. The quantitative estimate of drug-likeness (QED) is 0.482. The summed E-state index contributed by atoms with van der Waals surface area (Å²) in [7, 11) is 0. The first-order valence-electron chi connectivity index (χ1n) is 6.56. The molecule has 0 N–H and O–H groups in total. The van der Waals surface area contributed by atoms with E-state index >= 15 is 0 Å². The van der Waals surface area contributed by atoms with Crippen LogP contribution in [0.5, 0.6) is 0 Å². The van der Waals surface area contributed by atoms with Crippen LogP contribution in [0.3, 0.4) is 0 Å². The Kier molecular flexibility index (Phi) is 5.62. The van der Waals surface area contributed by atoms with Gasteiger partial charge in [0.2, 0.25) is 0 Å². The van der Waals surface area contributed by atoms with Crippen LogP contribution < -0.4 is 0 Å². The van der Waals surface area contributed by atoms with Gasteiger partial charge in [0.25, 0.3) is 0 Å². The summed E-state index contributed by atoms with van der Waals surface area (Å²) in [6, 6.07) is 0.455. The lowest BCUT2D eigenvalue weighted by molar-refractivity contribution is -0.145. The van der Waals surface area contributed by atoms with E-state index < -0.39 is 0 Å². The number of hydrogen-bond donors (Lipinski definition) is 0. The fourth-order valence-corrected chi connectivity index (χ4v) is 1.52. The Balaban J connectivity index is 2.54. The van der Waals surface area contributed by atoms with Crippen LogP contribution >= 0.6 is 0 Å². The monoisotopic (exact) mass is 241 g/mol. The second-order valence-electron chi connectivity index (χ2n) is 4.11. The maximum absolute atomic E-state index is 11.3. The van der Waals surface area contributed by atoms with E-state index in [1.165, 1.54) is 0 Å². The summed E-state index contributed by atoms with van der Waals surface area (Å²) in [4.78, 5) is 22.6. The third-order valence-corrected chi connectivity index (χ3v) is 2.54. The van der Waals surface area contributed by atoms with Crippen LogP contribution in [0, 0.1) is 0 Å². The molecule has 0 atom stereocenters. The second-order valence-corrected chi connectivity index (χ2v) is 4.11. The lowest BCUT2D eigenvalue weighted by atomic mass is 10.2. The molecule has 1 rings (SSSR count). The fraction of sp³-hybridized carbons (Fsp3) is 0.692. The Morgan fingerprint density at radius 2 is 1.65 bits per heavy atom. The predicted octanol–water partition coefficient (Wildman–Crippen LogP) is 2.37. The minimum Gasteiger partial charge on any atom is -0.465 e. The van der Waals surface area contributed by atoms with Crippen LogP contribution in [0.1, 0.15) is 46.8 Å². The van der Waals surface area contributed by atoms with Gasteiger partial charge in [-0.2, -0.15) is 0 Å². The normalized spacial score (nSPS) is 26.5. The standard InChI is InChI=1S/C13H20O4/c1-11-5-4-9-16-12(14)6-2-3-7-13(15)17-10-8-11/h5H,2-4,6-10H2,1H3/b11-5+/i5D. The molecule has 96 valence electrons. The van der Waals surface area contributed by atoms with Gasteiger partial charge in [0.05, 0.1) is 14.6 Å².